The molecule has 0 atom stereocenters. The highest BCUT2D eigenvalue weighted by molar-refractivity contribution is 5.83. The number of ether oxygens (including phenoxy) is 1. The van der Waals surface area contributed by atoms with Crippen LogP contribution in [0.1, 0.15) is 22.4 Å². The van der Waals surface area contributed by atoms with Gasteiger partial charge in [0.25, 0.3) is 5.56 Å². The van der Waals surface area contributed by atoms with Gasteiger partial charge in [-0.25, -0.2) is 4.68 Å². The Morgan fingerprint density at radius 2 is 1.84 bits per heavy atom. The SMILES string of the molecule is COc1ccccc1N=Cc1c(C)[nH]n(-c2ccc(C)c(C)c2)c1=O. The fourth-order valence-electron chi connectivity index (χ4n) is 2.63. The van der Waals surface area contributed by atoms with Crippen molar-refractivity contribution in [2.24, 2.45) is 4.99 Å². The summed E-state index contributed by atoms with van der Waals surface area (Å²) >= 11 is 0. The highest BCUT2D eigenvalue weighted by atomic mass is 16.5. The molecule has 5 heteroatoms. The number of para-hydroxylation sites is 2. The van der Waals surface area contributed by atoms with Crippen molar-refractivity contribution in [3.8, 4) is 11.4 Å². The number of H-pyrrole nitrogens is 1. The van der Waals surface area contributed by atoms with Gasteiger partial charge in [0.2, 0.25) is 0 Å². The molecule has 2 aromatic carbocycles. The molecule has 25 heavy (non-hydrogen) atoms. The predicted octanol–water partition coefficient (Wildman–Crippen LogP) is 3.85. The van der Waals surface area contributed by atoms with Crippen molar-refractivity contribution in [3.63, 3.8) is 0 Å². The molecular weight excluding hydrogens is 314 g/mol. The van der Waals surface area contributed by atoms with E-state index >= 15 is 0 Å². The lowest BCUT2D eigenvalue weighted by molar-refractivity contribution is 0.416. The predicted molar refractivity (Wildman–Crippen MR) is 101 cm³/mol. The van der Waals surface area contributed by atoms with E-state index < -0.39 is 0 Å². The summed E-state index contributed by atoms with van der Waals surface area (Å²) in [5, 5.41) is 3.12. The lowest BCUT2D eigenvalue weighted by atomic mass is 10.1. The summed E-state index contributed by atoms with van der Waals surface area (Å²) < 4.78 is 6.84. The summed E-state index contributed by atoms with van der Waals surface area (Å²) in [6.07, 6.45) is 1.59. The van der Waals surface area contributed by atoms with E-state index in [1.807, 2.05) is 63.2 Å². The smallest absolute Gasteiger partial charge is 0.280 e. The van der Waals surface area contributed by atoms with Gasteiger partial charge in [-0.15, -0.1) is 0 Å². The van der Waals surface area contributed by atoms with Crippen LogP contribution in [0.4, 0.5) is 5.69 Å². The number of methoxy groups -OCH3 is 1. The van der Waals surface area contributed by atoms with Crippen LogP contribution >= 0.6 is 0 Å². The van der Waals surface area contributed by atoms with Crippen molar-refractivity contribution >= 4 is 11.9 Å². The number of hydrogen-bond acceptors (Lipinski definition) is 3. The van der Waals surface area contributed by atoms with E-state index in [0.29, 0.717) is 17.0 Å². The molecule has 0 saturated heterocycles. The van der Waals surface area contributed by atoms with Crippen LogP contribution in [0.5, 0.6) is 5.75 Å². The summed E-state index contributed by atoms with van der Waals surface area (Å²) in [5.74, 6) is 0.668. The number of nitrogens with zero attached hydrogens (tertiary/aromatic N) is 2. The standard InChI is InChI=1S/C20H21N3O2/c1-13-9-10-16(11-14(13)2)23-20(24)17(15(3)22-23)12-21-18-7-5-6-8-19(18)25-4/h5-12,22H,1-4H3. The maximum atomic E-state index is 12.8. The zero-order valence-electron chi connectivity index (χ0n) is 14.8. The second-order valence-corrected chi connectivity index (χ2v) is 5.99. The molecule has 0 bridgehead atoms. The van der Waals surface area contributed by atoms with Crippen molar-refractivity contribution in [2.75, 3.05) is 7.11 Å². The quantitative estimate of drug-likeness (QED) is 0.736. The molecule has 0 aliphatic heterocycles. The minimum atomic E-state index is -0.126. The topological polar surface area (TPSA) is 59.4 Å². The molecule has 0 fully saturated rings. The van der Waals surface area contributed by atoms with E-state index in [0.717, 1.165) is 16.9 Å². The minimum Gasteiger partial charge on any atom is -0.494 e. The normalized spacial score (nSPS) is 11.2. The summed E-state index contributed by atoms with van der Waals surface area (Å²) in [6, 6.07) is 13.4. The molecule has 1 heterocycles. The zero-order valence-corrected chi connectivity index (χ0v) is 14.8. The van der Waals surface area contributed by atoms with Crippen molar-refractivity contribution in [1.29, 1.82) is 0 Å². The third-order valence-electron chi connectivity index (χ3n) is 4.28. The zero-order chi connectivity index (χ0) is 18.0. The van der Waals surface area contributed by atoms with E-state index in [1.165, 1.54) is 5.56 Å². The second-order valence-electron chi connectivity index (χ2n) is 5.99. The van der Waals surface area contributed by atoms with Gasteiger partial charge in [-0.3, -0.25) is 14.9 Å². The number of benzene rings is 2. The number of hydrogen-bond donors (Lipinski definition) is 1. The van der Waals surface area contributed by atoms with Crippen molar-refractivity contribution < 1.29 is 4.74 Å². The van der Waals surface area contributed by atoms with E-state index in [4.69, 9.17) is 4.74 Å². The van der Waals surface area contributed by atoms with Gasteiger partial charge in [0.15, 0.2) is 0 Å². The first kappa shape index (κ1) is 16.8. The molecule has 5 nitrogen and oxygen atoms in total. The first-order valence-electron chi connectivity index (χ1n) is 8.07. The van der Waals surface area contributed by atoms with Gasteiger partial charge in [-0.2, -0.15) is 0 Å². The Kier molecular flexibility index (Phi) is 4.57. The Balaban J connectivity index is 2.01. The van der Waals surface area contributed by atoms with Gasteiger partial charge >= 0.3 is 0 Å². The Labute approximate surface area is 146 Å². The van der Waals surface area contributed by atoms with E-state index in [9.17, 15) is 4.79 Å². The number of aromatic amines is 1. The minimum absolute atomic E-state index is 0.126. The second kappa shape index (κ2) is 6.81. The average Bonchev–Trinajstić information content (AvgIpc) is 2.90. The largest absolute Gasteiger partial charge is 0.494 e. The number of aliphatic imine (C=N–C) groups is 1. The monoisotopic (exact) mass is 335 g/mol. The molecule has 0 unspecified atom stereocenters. The number of aryl methyl sites for hydroxylation is 3. The molecular formula is C20H21N3O2. The maximum absolute atomic E-state index is 12.8. The maximum Gasteiger partial charge on any atom is 0.280 e. The summed E-state index contributed by atoms with van der Waals surface area (Å²) in [5.41, 5.74) is 5.00. The van der Waals surface area contributed by atoms with Crippen molar-refractivity contribution in [1.82, 2.24) is 9.78 Å². The Bertz CT molecular complexity index is 996. The Hall–Kier alpha value is -3.08. The molecule has 0 aliphatic carbocycles. The van der Waals surface area contributed by atoms with E-state index in [-0.39, 0.29) is 5.56 Å². The summed E-state index contributed by atoms with van der Waals surface area (Å²) in [6.45, 7) is 5.94. The molecule has 128 valence electrons. The molecule has 0 radical (unpaired) electrons. The fraction of sp³-hybridized carbons (Fsp3) is 0.200. The van der Waals surface area contributed by atoms with Crippen LogP contribution in [0.2, 0.25) is 0 Å². The molecule has 0 aliphatic rings. The van der Waals surface area contributed by atoms with Gasteiger partial charge in [0.05, 0.1) is 18.4 Å². The van der Waals surface area contributed by atoms with E-state index in [1.54, 1.807) is 18.0 Å². The average molecular weight is 335 g/mol. The van der Waals surface area contributed by atoms with Crippen LogP contribution in [0, 0.1) is 20.8 Å². The molecule has 0 spiro atoms. The molecule has 1 N–H and O–H groups in total. The van der Waals surface area contributed by atoms with Crippen molar-refractivity contribution in [2.45, 2.75) is 20.8 Å². The van der Waals surface area contributed by atoms with E-state index in [2.05, 4.69) is 10.1 Å². The first-order valence-corrected chi connectivity index (χ1v) is 8.07. The van der Waals surface area contributed by atoms with Gasteiger partial charge in [-0.1, -0.05) is 18.2 Å². The van der Waals surface area contributed by atoms with Gasteiger partial charge in [0, 0.05) is 11.9 Å². The highest BCUT2D eigenvalue weighted by Crippen LogP contribution is 2.26. The van der Waals surface area contributed by atoms with Crippen LogP contribution in [-0.4, -0.2) is 23.1 Å². The van der Waals surface area contributed by atoms with Gasteiger partial charge in [-0.05, 0) is 56.2 Å². The molecule has 0 saturated carbocycles. The highest BCUT2D eigenvalue weighted by Gasteiger charge is 2.11. The van der Waals surface area contributed by atoms with Crippen LogP contribution < -0.4 is 10.3 Å². The molecule has 3 aromatic rings. The van der Waals surface area contributed by atoms with Crippen LogP contribution in [0.25, 0.3) is 5.69 Å². The molecule has 0 amide bonds. The number of nitrogens with one attached hydrogen (secondary N) is 1. The van der Waals surface area contributed by atoms with Gasteiger partial charge in [0.1, 0.15) is 11.4 Å². The van der Waals surface area contributed by atoms with Crippen LogP contribution in [0.3, 0.4) is 0 Å². The lowest BCUT2D eigenvalue weighted by Gasteiger charge is -2.05. The van der Waals surface area contributed by atoms with Crippen molar-refractivity contribution in [3.05, 3.63) is 75.2 Å². The van der Waals surface area contributed by atoms with Crippen LogP contribution in [-0.2, 0) is 0 Å². The summed E-state index contributed by atoms with van der Waals surface area (Å²) in [4.78, 5) is 17.2. The van der Waals surface area contributed by atoms with Gasteiger partial charge < -0.3 is 4.74 Å². The first-order chi connectivity index (χ1) is 12.0. The third-order valence-corrected chi connectivity index (χ3v) is 4.28. The number of rotatable bonds is 4. The Morgan fingerprint density at radius 3 is 2.56 bits per heavy atom. The summed E-state index contributed by atoms with van der Waals surface area (Å²) in [7, 11) is 1.60. The molecule has 1 aromatic heterocycles. The fourth-order valence-corrected chi connectivity index (χ4v) is 2.63. The Morgan fingerprint density at radius 1 is 1.08 bits per heavy atom. The lowest BCUT2D eigenvalue weighted by Crippen LogP contribution is -2.17. The van der Waals surface area contributed by atoms with Crippen LogP contribution in [0.15, 0.2) is 52.3 Å². The number of aromatic nitrogens is 2. The third kappa shape index (κ3) is 3.26. The molecule has 3 rings (SSSR count).